The molecule has 0 aromatic heterocycles. The number of hydrogen-bond acceptors (Lipinski definition) is 3. The molecule has 0 saturated carbocycles. The van der Waals surface area contributed by atoms with Gasteiger partial charge in [-0.1, -0.05) is 24.3 Å². The minimum absolute atomic E-state index is 0. The summed E-state index contributed by atoms with van der Waals surface area (Å²) in [5.74, 6) is -0.445. The number of carbonyl (C=O) groups excluding carboxylic acids is 2. The Morgan fingerprint density at radius 1 is 1.29 bits per heavy atom. The number of nitrogens with two attached hydrogens (primary N) is 1. The first-order chi connectivity index (χ1) is 9.55. The van der Waals surface area contributed by atoms with Gasteiger partial charge in [0, 0.05) is 5.56 Å². The zero-order valence-corrected chi connectivity index (χ0v) is 13.0. The predicted molar refractivity (Wildman–Crippen MR) is 83.6 cm³/mol. The average Bonchev–Trinajstić information content (AvgIpc) is 2.75. The van der Waals surface area contributed by atoms with Gasteiger partial charge in [-0.15, -0.1) is 12.4 Å². The van der Waals surface area contributed by atoms with Crippen LogP contribution in [-0.2, 0) is 11.2 Å². The van der Waals surface area contributed by atoms with E-state index >= 15 is 0 Å². The van der Waals surface area contributed by atoms with Crippen LogP contribution in [0, 0.1) is 11.3 Å². The number of ketones is 1. The van der Waals surface area contributed by atoms with Crippen molar-refractivity contribution in [3.8, 4) is 0 Å². The molecule has 1 aromatic carbocycles. The van der Waals surface area contributed by atoms with Crippen LogP contribution in [-0.4, -0.2) is 36.7 Å². The first kappa shape index (κ1) is 16.0. The molecule has 21 heavy (non-hydrogen) atoms. The van der Waals surface area contributed by atoms with Crippen LogP contribution in [0.5, 0.6) is 0 Å². The van der Waals surface area contributed by atoms with Gasteiger partial charge in [0.1, 0.15) is 5.41 Å². The Balaban J connectivity index is 0.00000161. The smallest absolute Gasteiger partial charge is 0.232 e. The van der Waals surface area contributed by atoms with Gasteiger partial charge in [-0.25, -0.2) is 0 Å². The standard InChI is InChI=1S/C16H20N2O2.ClH/c1-18-8-6-12(7-9-18)16(15(17)20)10-11-4-2-3-5-13(11)14(16)19;/h2-5,12H,6-10H2,1H3,(H2,17,20);1H. The number of carbonyl (C=O) groups is 2. The van der Waals surface area contributed by atoms with Gasteiger partial charge in [0.05, 0.1) is 0 Å². The topological polar surface area (TPSA) is 63.4 Å². The number of nitrogens with zero attached hydrogens (tertiary/aromatic N) is 1. The maximum Gasteiger partial charge on any atom is 0.232 e. The van der Waals surface area contributed by atoms with Crippen molar-refractivity contribution in [3.05, 3.63) is 35.4 Å². The summed E-state index contributed by atoms with van der Waals surface area (Å²) < 4.78 is 0. The first-order valence-corrected chi connectivity index (χ1v) is 7.17. The number of Topliss-reactive ketones (excluding diaryl/α,β-unsaturated/α-hetero) is 1. The number of primary amides is 1. The van der Waals surface area contributed by atoms with E-state index in [-0.39, 0.29) is 24.1 Å². The largest absolute Gasteiger partial charge is 0.369 e. The number of likely N-dealkylation sites (tertiary alicyclic amines) is 1. The fourth-order valence-electron chi connectivity index (χ4n) is 3.75. The lowest BCUT2D eigenvalue weighted by Crippen LogP contribution is -2.51. The van der Waals surface area contributed by atoms with E-state index < -0.39 is 11.3 Å². The predicted octanol–water partition coefficient (Wildman–Crippen LogP) is 1.66. The fraction of sp³-hybridized carbons (Fsp3) is 0.500. The SMILES string of the molecule is CN1CCC(C2(C(N)=O)Cc3ccccc3C2=O)CC1.Cl. The van der Waals surface area contributed by atoms with Crippen LogP contribution >= 0.6 is 12.4 Å². The molecular weight excluding hydrogens is 288 g/mol. The number of benzene rings is 1. The minimum atomic E-state index is -1.01. The minimum Gasteiger partial charge on any atom is -0.369 e. The molecule has 1 heterocycles. The Labute approximate surface area is 131 Å². The van der Waals surface area contributed by atoms with Gasteiger partial charge in [0.25, 0.3) is 0 Å². The molecule has 4 nitrogen and oxygen atoms in total. The van der Waals surface area contributed by atoms with Crippen LogP contribution in [0.1, 0.15) is 28.8 Å². The molecule has 0 spiro atoms. The third-order valence-corrected chi connectivity index (χ3v) is 4.99. The second-order valence-electron chi connectivity index (χ2n) is 6.08. The molecule has 0 radical (unpaired) electrons. The first-order valence-electron chi connectivity index (χ1n) is 7.17. The van der Waals surface area contributed by atoms with E-state index in [0.717, 1.165) is 31.5 Å². The zero-order valence-electron chi connectivity index (χ0n) is 12.2. The van der Waals surface area contributed by atoms with Crippen molar-refractivity contribution in [3.63, 3.8) is 0 Å². The Kier molecular flexibility index (Phi) is 4.40. The molecule has 114 valence electrons. The summed E-state index contributed by atoms with van der Waals surface area (Å²) in [5.41, 5.74) is 6.34. The van der Waals surface area contributed by atoms with E-state index in [1.54, 1.807) is 0 Å². The molecular formula is C16H21ClN2O2. The molecule has 1 atom stereocenters. The average molecular weight is 309 g/mol. The van der Waals surface area contributed by atoms with Crippen LogP contribution in [0.25, 0.3) is 0 Å². The molecule has 1 aliphatic heterocycles. The van der Waals surface area contributed by atoms with Crippen molar-refractivity contribution in [1.82, 2.24) is 4.90 Å². The van der Waals surface area contributed by atoms with Gasteiger partial charge in [0.2, 0.25) is 5.91 Å². The molecule has 1 unspecified atom stereocenters. The van der Waals surface area contributed by atoms with Gasteiger partial charge in [-0.05, 0) is 50.9 Å². The zero-order chi connectivity index (χ0) is 14.3. The van der Waals surface area contributed by atoms with Gasteiger partial charge in [-0.3, -0.25) is 9.59 Å². The van der Waals surface area contributed by atoms with Gasteiger partial charge in [0.15, 0.2) is 5.78 Å². The maximum absolute atomic E-state index is 12.8. The van der Waals surface area contributed by atoms with Crippen LogP contribution in [0.15, 0.2) is 24.3 Å². The highest BCUT2D eigenvalue weighted by Crippen LogP contribution is 2.46. The van der Waals surface area contributed by atoms with Crippen LogP contribution < -0.4 is 5.73 Å². The second kappa shape index (κ2) is 5.78. The number of amides is 1. The second-order valence-corrected chi connectivity index (χ2v) is 6.08. The lowest BCUT2D eigenvalue weighted by molar-refractivity contribution is -0.128. The molecule has 1 aliphatic carbocycles. The van der Waals surface area contributed by atoms with E-state index in [1.807, 2.05) is 24.3 Å². The van der Waals surface area contributed by atoms with Crippen LogP contribution in [0.4, 0.5) is 0 Å². The Hall–Kier alpha value is -1.39. The van der Waals surface area contributed by atoms with Gasteiger partial charge >= 0.3 is 0 Å². The number of piperidine rings is 1. The van der Waals surface area contributed by atoms with E-state index in [9.17, 15) is 9.59 Å². The number of hydrogen-bond donors (Lipinski definition) is 1. The molecule has 1 amide bonds. The summed E-state index contributed by atoms with van der Waals surface area (Å²) in [7, 11) is 2.07. The van der Waals surface area contributed by atoms with Crippen molar-refractivity contribution in [1.29, 1.82) is 0 Å². The van der Waals surface area contributed by atoms with E-state index in [4.69, 9.17) is 5.73 Å². The van der Waals surface area contributed by atoms with Crippen molar-refractivity contribution < 1.29 is 9.59 Å². The lowest BCUT2D eigenvalue weighted by Gasteiger charge is -2.38. The summed E-state index contributed by atoms with van der Waals surface area (Å²) in [4.78, 5) is 27.2. The third kappa shape index (κ3) is 2.36. The molecule has 5 heteroatoms. The highest BCUT2D eigenvalue weighted by Gasteiger charge is 2.55. The van der Waals surface area contributed by atoms with Crippen LogP contribution in [0.3, 0.4) is 0 Å². The van der Waals surface area contributed by atoms with Crippen molar-refractivity contribution in [2.24, 2.45) is 17.1 Å². The maximum atomic E-state index is 12.8. The Morgan fingerprint density at radius 3 is 2.48 bits per heavy atom. The highest BCUT2D eigenvalue weighted by atomic mass is 35.5. The lowest BCUT2D eigenvalue weighted by atomic mass is 9.67. The summed E-state index contributed by atoms with van der Waals surface area (Å²) >= 11 is 0. The monoisotopic (exact) mass is 308 g/mol. The Bertz CT molecular complexity index is 567. The normalized spacial score (nSPS) is 26.2. The molecule has 2 N–H and O–H groups in total. The Morgan fingerprint density at radius 2 is 1.90 bits per heavy atom. The summed E-state index contributed by atoms with van der Waals surface area (Å²) in [6.45, 7) is 1.84. The van der Waals surface area contributed by atoms with Crippen molar-refractivity contribution in [2.75, 3.05) is 20.1 Å². The number of rotatable bonds is 2. The van der Waals surface area contributed by atoms with Crippen LogP contribution in [0.2, 0.25) is 0 Å². The summed E-state index contributed by atoms with van der Waals surface area (Å²) in [6.07, 6.45) is 2.20. The van der Waals surface area contributed by atoms with Gasteiger partial charge < -0.3 is 10.6 Å². The number of halogens is 1. The quantitative estimate of drug-likeness (QED) is 0.845. The third-order valence-electron chi connectivity index (χ3n) is 4.99. The molecule has 1 saturated heterocycles. The molecule has 1 aromatic rings. The fourth-order valence-corrected chi connectivity index (χ4v) is 3.75. The molecule has 0 bridgehead atoms. The molecule has 2 aliphatic rings. The van der Waals surface area contributed by atoms with Crippen molar-refractivity contribution in [2.45, 2.75) is 19.3 Å². The van der Waals surface area contributed by atoms with Crippen molar-refractivity contribution >= 4 is 24.1 Å². The summed E-state index contributed by atoms with van der Waals surface area (Å²) in [6, 6.07) is 7.52. The van der Waals surface area contributed by atoms with E-state index in [0.29, 0.717) is 12.0 Å². The van der Waals surface area contributed by atoms with E-state index in [1.165, 1.54) is 0 Å². The molecule has 3 rings (SSSR count). The molecule has 1 fully saturated rings. The van der Waals surface area contributed by atoms with Gasteiger partial charge in [-0.2, -0.15) is 0 Å². The summed E-state index contributed by atoms with van der Waals surface area (Å²) in [5, 5.41) is 0. The number of fused-ring (bicyclic) bond motifs is 1. The highest BCUT2D eigenvalue weighted by molar-refractivity contribution is 6.17. The van der Waals surface area contributed by atoms with E-state index in [2.05, 4.69) is 11.9 Å².